The number of alkyl halides is 1. The van der Waals surface area contributed by atoms with Crippen molar-refractivity contribution in [1.29, 1.82) is 0 Å². The minimum Gasteiger partial charge on any atom is -0.493 e. The molecule has 0 saturated carbocycles. The van der Waals surface area contributed by atoms with Gasteiger partial charge < -0.3 is 4.74 Å². The van der Waals surface area contributed by atoms with Crippen LogP contribution in [0.2, 0.25) is 0 Å². The maximum absolute atomic E-state index is 5.62. The first-order valence-electron chi connectivity index (χ1n) is 4.59. The van der Waals surface area contributed by atoms with Gasteiger partial charge in [0.1, 0.15) is 5.75 Å². The molecule has 3 heteroatoms. The first-order valence-corrected chi connectivity index (χ1v) is 6.93. The Morgan fingerprint density at radius 1 is 1.36 bits per heavy atom. The monoisotopic (exact) mass is 274 g/mol. The normalized spacial score (nSPS) is 12.5. The van der Waals surface area contributed by atoms with Gasteiger partial charge in [0, 0.05) is 10.2 Å². The van der Waals surface area contributed by atoms with Crippen molar-refractivity contribution < 1.29 is 4.74 Å². The lowest BCUT2D eigenvalue weighted by atomic mass is 10.2. The number of hydrogen-bond donors (Lipinski definition) is 0. The zero-order valence-corrected chi connectivity index (χ0v) is 10.9. The van der Waals surface area contributed by atoms with Crippen LogP contribution in [0.4, 0.5) is 0 Å². The van der Waals surface area contributed by atoms with Crippen molar-refractivity contribution in [2.75, 3.05) is 18.2 Å². The van der Waals surface area contributed by atoms with Crippen molar-refractivity contribution in [2.45, 2.75) is 11.8 Å². The van der Waals surface area contributed by atoms with Crippen LogP contribution in [-0.2, 0) is 0 Å². The van der Waals surface area contributed by atoms with Gasteiger partial charge in [0.05, 0.1) is 6.61 Å². The minimum absolute atomic E-state index is 0.551. The maximum atomic E-state index is 5.62. The van der Waals surface area contributed by atoms with Gasteiger partial charge in [0.25, 0.3) is 0 Å². The van der Waals surface area contributed by atoms with Crippen LogP contribution >= 0.6 is 27.7 Å². The van der Waals surface area contributed by atoms with Crippen molar-refractivity contribution >= 4 is 27.7 Å². The van der Waals surface area contributed by atoms with Crippen molar-refractivity contribution in [3.05, 3.63) is 24.3 Å². The Morgan fingerprint density at radius 2 is 2.00 bits per heavy atom. The van der Waals surface area contributed by atoms with Gasteiger partial charge in [-0.25, -0.2) is 0 Å². The summed E-state index contributed by atoms with van der Waals surface area (Å²) in [6.45, 7) is 2.93. The topological polar surface area (TPSA) is 9.23 Å². The molecule has 0 amide bonds. The Labute approximate surface area is 98.4 Å². The number of halogens is 1. The molecule has 0 N–H and O–H groups in total. The van der Waals surface area contributed by atoms with E-state index in [1.165, 1.54) is 4.90 Å². The predicted molar refractivity (Wildman–Crippen MR) is 66.7 cm³/mol. The standard InChI is InChI=1S/C11H15BrOS/c1-9(7-12)8-13-10-3-5-11(14-2)6-4-10/h3-6,9H,7-8H2,1-2H3. The summed E-state index contributed by atoms with van der Waals surface area (Å²) >= 11 is 5.17. The highest BCUT2D eigenvalue weighted by Crippen LogP contribution is 2.19. The maximum Gasteiger partial charge on any atom is 0.119 e. The van der Waals surface area contributed by atoms with Crippen LogP contribution in [0.5, 0.6) is 5.75 Å². The van der Waals surface area contributed by atoms with E-state index >= 15 is 0 Å². The van der Waals surface area contributed by atoms with E-state index in [0.29, 0.717) is 5.92 Å². The molecule has 0 spiro atoms. The van der Waals surface area contributed by atoms with Crippen molar-refractivity contribution in [1.82, 2.24) is 0 Å². The summed E-state index contributed by atoms with van der Waals surface area (Å²) in [7, 11) is 0. The number of thioether (sulfide) groups is 1. The second kappa shape index (κ2) is 6.36. The van der Waals surface area contributed by atoms with E-state index < -0.39 is 0 Å². The van der Waals surface area contributed by atoms with Crippen molar-refractivity contribution in [2.24, 2.45) is 5.92 Å². The summed E-state index contributed by atoms with van der Waals surface area (Å²) in [6, 6.07) is 8.21. The Kier molecular flexibility index (Phi) is 5.41. The van der Waals surface area contributed by atoms with Crippen LogP contribution in [0.25, 0.3) is 0 Å². The first kappa shape index (κ1) is 11.9. The third-order valence-corrected chi connectivity index (χ3v) is 3.71. The van der Waals surface area contributed by atoms with Crippen molar-refractivity contribution in [3.8, 4) is 5.75 Å². The summed E-state index contributed by atoms with van der Waals surface area (Å²) < 4.78 is 5.62. The van der Waals surface area contributed by atoms with Crippen molar-refractivity contribution in [3.63, 3.8) is 0 Å². The molecule has 0 saturated heterocycles. The van der Waals surface area contributed by atoms with Crippen LogP contribution in [0.3, 0.4) is 0 Å². The van der Waals surface area contributed by atoms with Crippen LogP contribution in [0.1, 0.15) is 6.92 Å². The average Bonchev–Trinajstić information content (AvgIpc) is 2.26. The molecule has 0 radical (unpaired) electrons. The average molecular weight is 275 g/mol. The van der Waals surface area contributed by atoms with Crippen LogP contribution in [0, 0.1) is 5.92 Å². The molecule has 1 rings (SSSR count). The Bertz CT molecular complexity index is 260. The van der Waals surface area contributed by atoms with Crippen LogP contribution < -0.4 is 4.74 Å². The van der Waals surface area contributed by atoms with Crippen LogP contribution in [-0.4, -0.2) is 18.2 Å². The lowest BCUT2D eigenvalue weighted by Crippen LogP contribution is -2.09. The molecule has 1 aromatic carbocycles. The van der Waals surface area contributed by atoms with Gasteiger partial charge in [-0.05, 0) is 36.4 Å². The lowest BCUT2D eigenvalue weighted by Gasteiger charge is -2.10. The summed E-state index contributed by atoms with van der Waals surface area (Å²) in [5.74, 6) is 1.51. The molecule has 0 aromatic heterocycles. The Hall–Kier alpha value is -0.150. The first-order chi connectivity index (χ1) is 6.76. The van der Waals surface area contributed by atoms with Crippen LogP contribution in [0.15, 0.2) is 29.2 Å². The quantitative estimate of drug-likeness (QED) is 0.597. The highest BCUT2D eigenvalue weighted by molar-refractivity contribution is 9.09. The molecule has 1 atom stereocenters. The molecule has 1 nitrogen and oxygen atoms in total. The van der Waals surface area contributed by atoms with E-state index in [-0.39, 0.29) is 0 Å². The third-order valence-electron chi connectivity index (χ3n) is 1.86. The van der Waals surface area contributed by atoms with Gasteiger partial charge in [-0.2, -0.15) is 0 Å². The predicted octanol–water partition coefficient (Wildman–Crippen LogP) is 3.82. The van der Waals surface area contributed by atoms with Gasteiger partial charge in [0.2, 0.25) is 0 Å². The molecule has 0 aliphatic heterocycles. The number of benzene rings is 1. The lowest BCUT2D eigenvalue weighted by molar-refractivity contribution is 0.274. The second-order valence-electron chi connectivity index (χ2n) is 3.25. The summed E-state index contributed by atoms with van der Waals surface area (Å²) in [6.07, 6.45) is 2.07. The fraction of sp³-hybridized carbons (Fsp3) is 0.455. The number of rotatable bonds is 5. The molecule has 0 aliphatic rings. The fourth-order valence-electron chi connectivity index (χ4n) is 0.955. The molecule has 0 aliphatic carbocycles. The number of hydrogen-bond acceptors (Lipinski definition) is 2. The third kappa shape index (κ3) is 3.93. The largest absolute Gasteiger partial charge is 0.493 e. The van der Waals surface area contributed by atoms with E-state index in [2.05, 4.69) is 41.2 Å². The second-order valence-corrected chi connectivity index (χ2v) is 4.77. The summed E-state index contributed by atoms with van der Waals surface area (Å²) in [4.78, 5) is 1.27. The smallest absolute Gasteiger partial charge is 0.119 e. The van der Waals surface area contributed by atoms with E-state index in [4.69, 9.17) is 4.74 Å². The van der Waals surface area contributed by atoms with Gasteiger partial charge in [0.15, 0.2) is 0 Å². The van der Waals surface area contributed by atoms with Gasteiger partial charge in [-0.15, -0.1) is 11.8 Å². The molecule has 0 fully saturated rings. The van der Waals surface area contributed by atoms with Gasteiger partial charge in [-0.1, -0.05) is 22.9 Å². The summed E-state index contributed by atoms with van der Waals surface area (Å²) in [5.41, 5.74) is 0. The van der Waals surface area contributed by atoms with Gasteiger partial charge >= 0.3 is 0 Å². The highest BCUT2D eigenvalue weighted by Gasteiger charge is 2.00. The SMILES string of the molecule is CSc1ccc(OCC(C)CBr)cc1. The number of ether oxygens (including phenoxy) is 1. The molecule has 0 bridgehead atoms. The fourth-order valence-corrected chi connectivity index (χ4v) is 1.55. The zero-order valence-electron chi connectivity index (χ0n) is 8.50. The van der Waals surface area contributed by atoms with E-state index in [1.54, 1.807) is 11.8 Å². The Balaban J connectivity index is 2.43. The Morgan fingerprint density at radius 3 is 2.50 bits per heavy atom. The summed E-state index contributed by atoms with van der Waals surface area (Å²) in [5, 5.41) is 0.982. The minimum atomic E-state index is 0.551. The molecular formula is C11H15BrOS. The van der Waals surface area contributed by atoms with E-state index in [0.717, 1.165) is 17.7 Å². The highest BCUT2D eigenvalue weighted by atomic mass is 79.9. The van der Waals surface area contributed by atoms with E-state index in [1.807, 2.05) is 12.1 Å². The molecule has 1 unspecified atom stereocenters. The zero-order chi connectivity index (χ0) is 10.4. The van der Waals surface area contributed by atoms with Gasteiger partial charge in [-0.3, -0.25) is 0 Å². The molecule has 14 heavy (non-hydrogen) atoms. The molecule has 1 aromatic rings. The molecular weight excluding hydrogens is 260 g/mol. The molecule has 78 valence electrons. The van der Waals surface area contributed by atoms with E-state index in [9.17, 15) is 0 Å². The molecule has 0 heterocycles.